The Morgan fingerprint density at radius 2 is 1.72 bits per heavy atom. The highest BCUT2D eigenvalue weighted by molar-refractivity contribution is 8.05. The van der Waals surface area contributed by atoms with Crippen LogP contribution in [0.15, 0.2) is 34.9 Å². The van der Waals surface area contributed by atoms with Crippen LogP contribution in [0.3, 0.4) is 0 Å². The number of hydrogen-bond acceptors (Lipinski definition) is 6. The first kappa shape index (κ1) is 19.2. The number of fused-ring (bicyclic) bond motifs is 1. The Morgan fingerprint density at radius 3 is 2.24 bits per heavy atom. The number of carbonyl (C=O) groups is 3. The number of allylic oxidation sites excluding steroid dienone is 2. The minimum Gasteiger partial charge on any atom is -0.465 e. The fourth-order valence-corrected chi connectivity index (χ4v) is 3.43. The van der Waals surface area contributed by atoms with Crippen LogP contribution in [0.4, 0.5) is 0 Å². The summed E-state index contributed by atoms with van der Waals surface area (Å²) in [5.74, 6) is -0.888. The SMILES string of the molecule is CCOC(=O)C(C)SC1=C(NC(C)(C)C)C(=O)c2ccccc2C1=O. The number of thioether (sulfide) groups is 1. The molecule has 0 bridgehead atoms. The predicted molar refractivity (Wildman–Crippen MR) is 98.7 cm³/mol. The lowest BCUT2D eigenvalue weighted by Crippen LogP contribution is -2.41. The van der Waals surface area contributed by atoms with Gasteiger partial charge in [-0.1, -0.05) is 24.3 Å². The maximum absolute atomic E-state index is 13.0. The van der Waals surface area contributed by atoms with E-state index < -0.39 is 16.8 Å². The van der Waals surface area contributed by atoms with Gasteiger partial charge in [0.2, 0.25) is 11.6 Å². The van der Waals surface area contributed by atoms with Crippen molar-refractivity contribution in [1.82, 2.24) is 5.32 Å². The van der Waals surface area contributed by atoms with E-state index in [4.69, 9.17) is 4.74 Å². The number of hydrogen-bond donors (Lipinski definition) is 1. The molecule has 1 aliphatic carbocycles. The van der Waals surface area contributed by atoms with Crippen LogP contribution < -0.4 is 5.32 Å². The molecule has 0 fully saturated rings. The smallest absolute Gasteiger partial charge is 0.319 e. The molecule has 1 aromatic rings. The van der Waals surface area contributed by atoms with Gasteiger partial charge in [0.1, 0.15) is 10.9 Å². The molecule has 0 aromatic heterocycles. The molecular formula is C19H23NO4S. The Labute approximate surface area is 152 Å². The fraction of sp³-hybridized carbons (Fsp3) is 0.421. The quantitative estimate of drug-likeness (QED) is 0.811. The molecule has 1 unspecified atom stereocenters. The predicted octanol–water partition coefficient (Wildman–Crippen LogP) is 3.35. The molecule has 25 heavy (non-hydrogen) atoms. The van der Waals surface area contributed by atoms with E-state index >= 15 is 0 Å². The van der Waals surface area contributed by atoms with Gasteiger partial charge in [-0.25, -0.2) is 0 Å². The molecule has 0 saturated carbocycles. The molecule has 1 aromatic carbocycles. The Kier molecular flexibility index (Phi) is 5.72. The summed E-state index contributed by atoms with van der Waals surface area (Å²) in [6.45, 7) is 9.40. The first-order valence-corrected chi connectivity index (χ1v) is 9.08. The number of Topliss-reactive ketones (excluding diaryl/α,β-unsaturated/α-hetero) is 2. The largest absolute Gasteiger partial charge is 0.465 e. The summed E-state index contributed by atoms with van der Waals surface area (Å²) in [7, 11) is 0. The van der Waals surface area contributed by atoms with E-state index in [1.165, 1.54) is 0 Å². The van der Waals surface area contributed by atoms with Gasteiger partial charge in [-0.2, -0.15) is 0 Å². The highest BCUT2D eigenvalue weighted by Gasteiger charge is 2.35. The summed E-state index contributed by atoms with van der Waals surface area (Å²) in [4.78, 5) is 38.1. The third kappa shape index (κ3) is 4.31. The third-order valence-electron chi connectivity index (χ3n) is 3.49. The van der Waals surface area contributed by atoms with Crippen molar-refractivity contribution in [2.45, 2.75) is 45.4 Å². The molecule has 134 valence electrons. The monoisotopic (exact) mass is 361 g/mol. The summed E-state index contributed by atoms with van der Waals surface area (Å²) < 4.78 is 5.01. The van der Waals surface area contributed by atoms with Gasteiger partial charge < -0.3 is 10.1 Å². The Morgan fingerprint density at radius 1 is 1.16 bits per heavy atom. The zero-order chi connectivity index (χ0) is 18.8. The van der Waals surface area contributed by atoms with E-state index in [0.717, 1.165) is 11.8 Å². The van der Waals surface area contributed by atoms with Crippen molar-refractivity contribution in [2.75, 3.05) is 6.61 Å². The number of benzene rings is 1. The molecule has 1 atom stereocenters. The molecule has 1 aliphatic rings. The van der Waals surface area contributed by atoms with Crippen molar-refractivity contribution in [1.29, 1.82) is 0 Å². The van der Waals surface area contributed by atoms with Crippen LogP contribution in [0, 0.1) is 0 Å². The van der Waals surface area contributed by atoms with E-state index in [0.29, 0.717) is 11.1 Å². The second-order valence-electron chi connectivity index (χ2n) is 6.80. The minimum atomic E-state index is -0.589. The molecule has 0 heterocycles. The van der Waals surface area contributed by atoms with E-state index in [2.05, 4.69) is 5.32 Å². The average molecular weight is 361 g/mol. The molecule has 0 aliphatic heterocycles. The van der Waals surface area contributed by atoms with Gasteiger partial charge in [0.15, 0.2) is 0 Å². The Bertz CT molecular complexity index is 746. The second-order valence-corrected chi connectivity index (χ2v) is 8.15. The summed E-state index contributed by atoms with van der Waals surface area (Å²) in [5, 5.41) is 2.55. The number of rotatable bonds is 5. The molecule has 0 saturated heterocycles. The maximum Gasteiger partial charge on any atom is 0.319 e. The number of carbonyl (C=O) groups excluding carboxylic acids is 3. The molecule has 5 nitrogen and oxygen atoms in total. The normalized spacial score (nSPS) is 15.7. The van der Waals surface area contributed by atoms with Crippen molar-refractivity contribution in [3.8, 4) is 0 Å². The van der Waals surface area contributed by atoms with Gasteiger partial charge in [-0.05, 0) is 34.6 Å². The van der Waals surface area contributed by atoms with Crippen molar-refractivity contribution >= 4 is 29.3 Å². The minimum absolute atomic E-state index is 0.233. The molecule has 0 amide bonds. The van der Waals surface area contributed by atoms with Gasteiger partial charge in [-0.3, -0.25) is 14.4 Å². The first-order valence-electron chi connectivity index (χ1n) is 8.20. The number of ketones is 2. The zero-order valence-corrected chi connectivity index (χ0v) is 16.0. The van der Waals surface area contributed by atoms with Crippen LogP contribution in [-0.2, 0) is 9.53 Å². The van der Waals surface area contributed by atoms with Gasteiger partial charge in [-0.15, -0.1) is 11.8 Å². The lowest BCUT2D eigenvalue weighted by Gasteiger charge is -2.29. The summed E-state index contributed by atoms with van der Waals surface area (Å²) in [5.41, 5.74) is 0.589. The van der Waals surface area contributed by atoms with Crippen LogP contribution >= 0.6 is 11.8 Å². The van der Waals surface area contributed by atoms with Crippen LogP contribution in [-0.4, -0.2) is 34.9 Å². The second kappa shape index (κ2) is 7.44. The van der Waals surface area contributed by atoms with Crippen molar-refractivity contribution in [2.24, 2.45) is 0 Å². The molecule has 6 heteroatoms. The zero-order valence-electron chi connectivity index (χ0n) is 15.1. The lowest BCUT2D eigenvalue weighted by atomic mass is 9.91. The van der Waals surface area contributed by atoms with Gasteiger partial charge in [0, 0.05) is 16.7 Å². The highest BCUT2D eigenvalue weighted by Crippen LogP contribution is 2.35. The van der Waals surface area contributed by atoms with E-state index in [9.17, 15) is 14.4 Å². The van der Waals surface area contributed by atoms with E-state index in [-0.39, 0.29) is 28.8 Å². The molecule has 1 N–H and O–H groups in total. The fourth-order valence-electron chi connectivity index (χ4n) is 2.44. The first-order chi connectivity index (χ1) is 11.7. The lowest BCUT2D eigenvalue weighted by molar-refractivity contribution is -0.142. The van der Waals surface area contributed by atoms with Gasteiger partial charge >= 0.3 is 5.97 Å². The van der Waals surface area contributed by atoms with Crippen molar-refractivity contribution < 1.29 is 19.1 Å². The highest BCUT2D eigenvalue weighted by atomic mass is 32.2. The summed E-state index contributed by atoms with van der Waals surface area (Å²) in [6, 6.07) is 6.75. The molecule has 0 radical (unpaired) electrons. The van der Waals surface area contributed by atoms with E-state index in [1.807, 2.05) is 20.8 Å². The number of esters is 1. The third-order valence-corrected chi connectivity index (χ3v) is 4.66. The van der Waals surface area contributed by atoms with Crippen LogP contribution in [0.25, 0.3) is 0 Å². The summed E-state index contributed by atoms with van der Waals surface area (Å²) >= 11 is 1.07. The topological polar surface area (TPSA) is 72.5 Å². The van der Waals surface area contributed by atoms with Crippen molar-refractivity contribution in [3.63, 3.8) is 0 Å². The van der Waals surface area contributed by atoms with Crippen molar-refractivity contribution in [3.05, 3.63) is 46.0 Å². The van der Waals surface area contributed by atoms with Gasteiger partial charge in [0.05, 0.1) is 11.5 Å². The van der Waals surface area contributed by atoms with Gasteiger partial charge in [0.25, 0.3) is 0 Å². The standard InChI is InChI=1S/C19H23NO4S/c1-6-24-18(23)11(2)25-17-14(20-19(3,4)5)15(21)12-9-7-8-10-13(12)16(17)22/h7-11,20H,6H2,1-5H3. The number of nitrogens with one attached hydrogen (secondary N) is 1. The molecular weight excluding hydrogens is 338 g/mol. The maximum atomic E-state index is 13.0. The Balaban J connectivity index is 2.48. The van der Waals surface area contributed by atoms with Crippen LogP contribution in [0.2, 0.25) is 0 Å². The number of ether oxygens (including phenoxy) is 1. The molecule has 0 spiro atoms. The van der Waals surface area contributed by atoms with E-state index in [1.54, 1.807) is 38.1 Å². The molecule has 2 rings (SSSR count). The van der Waals surface area contributed by atoms with Crippen LogP contribution in [0.5, 0.6) is 0 Å². The Hall–Kier alpha value is -2.08. The average Bonchev–Trinajstić information content (AvgIpc) is 2.54. The van der Waals surface area contributed by atoms with Crippen LogP contribution in [0.1, 0.15) is 55.3 Å². The summed E-state index contributed by atoms with van der Waals surface area (Å²) in [6.07, 6.45) is 0.